The van der Waals surface area contributed by atoms with Gasteiger partial charge < -0.3 is 19.1 Å². The molecule has 0 aromatic heterocycles. The SMILES string of the molecule is O=C(Oc1ccc(C(c2ccc(OC(=O)c3ccccc3)cc2)(c2ccc(OC(=O)c3ccccc3)cc2)N2c3ccccc3C3C=CC=CC32)cc1)c1ccccc1. The zero-order valence-corrected chi connectivity index (χ0v) is 31.8. The van der Waals surface area contributed by atoms with E-state index in [1.54, 1.807) is 72.8 Å². The van der Waals surface area contributed by atoms with E-state index in [1.165, 1.54) is 5.56 Å². The van der Waals surface area contributed by atoms with Crippen molar-refractivity contribution in [1.29, 1.82) is 0 Å². The molecule has 7 nitrogen and oxygen atoms in total. The summed E-state index contributed by atoms with van der Waals surface area (Å²) in [5, 5.41) is 0. The van der Waals surface area contributed by atoms with Crippen LogP contribution >= 0.6 is 0 Å². The molecule has 0 N–H and O–H groups in total. The van der Waals surface area contributed by atoms with Gasteiger partial charge in [-0.15, -0.1) is 0 Å². The number of hydrogen-bond donors (Lipinski definition) is 0. The molecule has 7 aromatic rings. The molecular weight excluding hydrogens is 735 g/mol. The largest absolute Gasteiger partial charge is 0.423 e. The first kappa shape index (κ1) is 36.8. The Morgan fingerprint density at radius 2 is 0.763 bits per heavy atom. The van der Waals surface area contributed by atoms with E-state index in [0.29, 0.717) is 33.9 Å². The molecule has 1 aliphatic heterocycles. The lowest BCUT2D eigenvalue weighted by Gasteiger charge is -2.48. The van der Waals surface area contributed by atoms with Crippen LogP contribution in [0.3, 0.4) is 0 Å². The third-order valence-corrected chi connectivity index (χ3v) is 10.8. The predicted molar refractivity (Wildman–Crippen MR) is 227 cm³/mol. The van der Waals surface area contributed by atoms with E-state index in [-0.39, 0.29) is 12.0 Å². The Bertz CT molecular complexity index is 2440. The van der Waals surface area contributed by atoms with Gasteiger partial charge in [0.2, 0.25) is 0 Å². The molecule has 2 aliphatic rings. The minimum Gasteiger partial charge on any atom is -0.423 e. The topological polar surface area (TPSA) is 82.1 Å². The van der Waals surface area contributed by atoms with Crippen LogP contribution in [0.15, 0.2) is 212 Å². The van der Waals surface area contributed by atoms with Crippen molar-refractivity contribution in [3.63, 3.8) is 0 Å². The standard InChI is InChI=1S/C52H37NO6/c54-49(36-14-4-1-5-15-36)57-42-30-24-39(25-31-42)52(53-47-22-12-10-20-45(47)46-21-11-13-23-48(46)53,40-26-32-43(33-27-40)58-50(55)37-16-6-2-7-17-37)41-28-34-44(35-29-41)59-51(56)38-18-8-3-9-19-38/h1-35,45,47H. The molecule has 0 fully saturated rings. The fourth-order valence-corrected chi connectivity index (χ4v) is 8.11. The number of carbonyl (C=O) groups is 3. The van der Waals surface area contributed by atoms with E-state index in [2.05, 4.69) is 47.4 Å². The van der Waals surface area contributed by atoms with E-state index in [9.17, 15) is 14.4 Å². The molecule has 7 aromatic carbocycles. The summed E-state index contributed by atoms with van der Waals surface area (Å²) in [6.45, 7) is 0. The number of ether oxygens (including phenoxy) is 3. The highest BCUT2D eigenvalue weighted by atomic mass is 16.5. The Morgan fingerprint density at radius 1 is 0.407 bits per heavy atom. The maximum atomic E-state index is 13.1. The molecule has 0 saturated carbocycles. The van der Waals surface area contributed by atoms with Crippen molar-refractivity contribution in [2.75, 3.05) is 4.90 Å². The molecule has 1 heterocycles. The van der Waals surface area contributed by atoms with Crippen molar-refractivity contribution in [2.24, 2.45) is 0 Å². The zero-order valence-electron chi connectivity index (χ0n) is 31.8. The van der Waals surface area contributed by atoms with Crippen molar-refractivity contribution in [2.45, 2.75) is 17.5 Å². The first-order chi connectivity index (χ1) is 29.0. The fourth-order valence-electron chi connectivity index (χ4n) is 8.11. The lowest BCUT2D eigenvalue weighted by atomic mass is 9.74. The van der Waals surface area contributed by atoms with Gasteiger partial charge in [-0.25, -0.2) is 14.4 Å². The van der Waals surface area contributed by atoms with Crippen LogP contribution in [0.5, 0.6) is 17.2 Å². The smallest absolute Gasteiger partial charge is 0.343 e. The Morgan fingerprint density at radius 3 is 1.17 bits per heavy atom. The number of para-hydroxylation sites is 1. The van der Waals surface area contributed by atoms with Crippen molar-refractivity contribution in [3.05, 3.63) is 251 Å². The van der Waals surface area contributed by atoms with Gasteiger partial charge in [-0.1, -0.05) is 133 Å². The van der Waals surface area contributed by atoms with Crippen molar-refractivity contribution < 1.29 is 28.6 Å². The number of rotatable bonds is 10. The summed E-state index contributed by atoms with van der Waals surface area (Å²) >= 11 is 0. The molecule has 0 saturated heterocycles. The van der Waals surface area contributed by atoms with Crippen LogP contribution in [0.4, 0.5) is 5.69 Å². The van der Waals surface area contributed by atoms with Crippen molar-refractivity contribution >= 4 is 23.6 Å². The summed E-state index contributed by atoms with van der Waals surface area (Å²) in [5.74, 6) is -0.142. The Hall–Kier alpha value is -7.77. The number of hydrogen-bond acceptors (Lipinski definition) is 7. The quantitative estimate of drug-likeness (QED) is 0.0778. The van der Waals surface area contributed by atoms with Crippen LogP contribution in [0, 0.1) is 0 Å². The third-order valence-electron chi connectivity index (χ3n) is 10.8. The summed E-state index contributed by atoms with van der Waals surface area (Å²) in [4.78, 5) is 41.8. The van der Waals surface area contributed by atoms with Gasteiger partial charge >= 0.3 is 17.9 Å². The number of benzene rings is 7. The van der Waals surface area contributed by atoms with Gasteiger partial charge in [-0.05, 0) is 101 Å². The van der Waals surface area contributed by atoms with E-state index in [4.69, 9.17) is 14.2 Å². The molecule has 1 aliphatic carbocycles. The third kappa shape index (κ3) is 7.11. The monoisotopic (exact) mass is 771 g/mol. The van der Waals surface area contributed by atoms with E-state index < -0.39 is 23.4 Å². The average molecular weight is 772 g/mol. The summed E-state index contributed by atoms with van der Waals surface area (Å²) in [7, 11) is 0. The molecule has 7 heteroatoms. The van der Waals surface area contributed by atoms with E-state index in [1.807, 2.05) is 97.1 Å². The molecule has 0 amide bonds. The highest BCUT2D eigenvalue weighted by Gasteiger charge is 2.51. The molecule has 0 bridgehead atoms. The average Bonchev–Trinajstić information content (AvgIpc) is 3.63. The molecule has 2 atom stereocenters. The summed E-state index contributed by atoms with van der Waals surface area (Å²) in [6.07, 6.45) is 8.63. The summed E-state index contributed by atoms with van der Waals surface area (Å²) in [5.41, 5.74) is 5.14. The first-order valence-electron chi connectivity index (χ1n) is 19.4. The lowest BCUT2D eigenvalue weighted by molar-refractivity contribution is 0.0725. The molecule has 0 spiro atoms. The van der Waals surface area contributed by atoms with Gasteiger partial charge in [0.25, 0.3) is 0 Å². The summed E-state index contributed by atoms with van der Waals surface area (Å²) in [6, 6.07) is 57.8. The second-order valence-corrected chi connectivity index (χ2v) is 14.3. The van der Waals surface area contributed by atoms with Crippen molar-refractivity contribution in [3.8, 4) is 17.2 Å². The summed E-state index contributed by atoms with van der Waals surface area (Å²) < 4.78 is 17.6. The van der Waals surface area contributed by atoms with Crippen LogP contribution in [0.1, 0.15) is 59.2 Å². The van der Waals surface area contributed by atoms with Crippen LogP contribution in [0.2, 0.25) is 0 Å². The van der Waals surface area contributed by atoms with Crippen LogP contribution in [0.25, 0.3) is 0 Å². The van der Waals surface area contributed by atoms with Gasteiger partial charge in [-0.2, -0.15) is 0 Å². The maximum absolute atomic E-state index is 13.1. The van der Waals surface area contributed by atoms with Gasteiger partial charge in [0, 0.05) is 11.6 Å². The van der Waals surface area contributed by atoms with Crippen molar-refractivity contribution in [1.82, 2.24) is 0 Å². The number of allylic oxidation sites excluding steroid dienone is 2. The normalized spacial score (nSPS) is 15.2. The van der Waals surface area contributed by atoms with Gasteiger partial charge in [0.1, 0.15) is 22.8 Å². The van der Waals surface area contributed by atoms with Gasteiger partial charge in [-0.3, -0.25) is 0 Å². The Kier molecular flexibility index (Phi) is 9.99. The number of carbonyl (C=O) groups excluding carboxylic acids is 3. The van der Waals surface area contributed by atoms with E-state index >= 15 is 0 Å². The second kappa shape index (κ2) is 16.0. The highest BCUT2D eigenvalue weighted by Crippen LogP contribution is 2.55. The number of esters is 3. The number of fused-ring (bicyclic) bond motifs is 3. The predicted octanol–water partition coefficient (Wildman–Crippen LogP) is 10.7. The Labute approximate surface area is 342 Å². The highest BCUT2D eigenvalue weighted by molar-refractivity contribution is 5.92. The van der Waals surface area contributed by atoms with E-state index in [0.717, 1.165) is 22.4 Å². The minimum atomic E-state index is -1.04. The molecule has 59 heavy (non-hydrogen) atoms. The maximum Gasteiger partial charge on any atom is 0.343 e. The fraction of sp³-hybridized carbons (Fsp3) is 0.0577. The lowest BCUT2D eigenvalue weighted by Crippen LogP contribution is -2.52. The zero-order chi connectivity index (χ0) is 40.2. The number of nitrogens with zero attached hydrogens (tertiary/aromatic N) is 1. The molecule has 2 unspecified atom stereocenters. The Balaban J connectivity index is 1.20. The minimum absolute atomic E-state index is 0.0545. The van der Waals surface area contributed by atoms with Gasteiger partial charge in [0.15, 0.2) is 0 Å². The molecule has 9 rings (SSSR count). The first-order valence-corrected chi connectivity index (χ1v) is 19.4. The molecule has 286 valence electrons. The second-order valence-electron chi connectivity index (χ2n) is 14.3. The molecule has 0 radical (unpaired) electrons. The van der Waals surface area contributed by atoms with Gasteiger partial charge in [0.05, 0.1) is 22.7 Å². The number of anilines is 1. The van der Waals surface area contributed by atoms with Crippen LogP contribution in [-0.2, 0) is 5.54 Å². The molecular formula is C52H37NO6. The van der Waals surface area contributed by atoms with Crippen LogP contribution < -0.4 is 19.1 Å². The van der Waals surface area contributed by atoms with Crippen LogP contribution in [-0.4, -0.2) is 23.9 Å².